The normalized spacial score (nSPS) is 9.91. The third-order valence-electron chi connectivity index (χ3n) is 0.877. The highest BCUT2D eigenvalue weighted by atomic mass is 33.1. The van der Waals surface area contributed by atoms with Crippen LogP contribution in [0.2, 0.25) is 0 Å². The molecule has 0 unspecified atom stereocenters. The minimum absolute atomic E-state index is 0.699. The van der Waals surface area contributed by atoms with Crippen molar-refractivity contribution in [1.29, 1.82) is 0 Å². The highest BCUT2D eigenvalue weighted by Gasteiger charge is 1.93. The molecule has 0 aliphatic carbocycles. The summed E-state index contributed by atoms with van der Waals surface area (Å²) in [5, 5.41) is 0.797. The van der Waals surface area contributed by atoms with Gasteiger partial charge in [-0.25, -0.2) is 9.97 Å². The van der Waals surface area contributed by atoms with E-state index in [1.807, 2.05) is 0 Å². The number of aromatic nitrogens is 2. The first-order valence-corrected chi connectivity index (χ1v) is 5.52. The van der Waals surface area contributed by atoms with E-state index < -0.39 is 0 Å². The van der Waals surface area contributed by atoms with Crippen molar-refractivity contribution >= 4 is 21.6 Å². The molecule has 0 bridgehead atoms. The topological polar surface area (TPSA) is 51.8 Å². The Morgan fingerprint density at radius 1 is 1.36 bits per heavy atom. The van der Waals surface area contributed by atoms with Crippen LogP contribution in [0.3, 0.4) is 0 Å². The Hall–Kier alpha value is -0.260. The third kappa shape index (κ3) is 3.60. The van der Waals surface area contributed by atoms with Gasteiger partial charge in [0, 0.05) is 24.7 Å². The van der Waals surface area contributed by atoms with Gasteiger partial charge in [-0.15, -0.1) is 0 Å². The van der Waals surface area contributed by atoms with Gasteiger partial charge >= 0.3 is 0 Å². The molecule has 0 saturated carbocycles. The van der Waals surface area contributed by atoms with Crippen molar-refractivity contribution in [2.75, 3.05) is 12.3 Å². The predicted octanol–water partition coefficient (Wildman–Crippen LogP) is 1.18. The Morgan fingerprint density at radius 2 is 2.09 bits per heavy atom. The number of rotatable bonds is 4. The molecule has 0 spiro atoms. The summed E-state index contributed by atoms with van der Waals surface area (Å²) in [7, 11) is 3.23. The first-order valence-electron chi connectivity index (χ1n) is 3.20. The minimum Gasteiger partial charge on any atom is -0.330 e. The molecule has 2 N–H and O–H groups in total. The van der Waals surface area contributed by atoms with Crippen molar-refractivity contribution in [2.24, 2.45) is 5.73 Å². The van der Waals surface area contributed by atoms with Crippen LogP contribution in [0.4, 0.5) is 0 Å². The lowest BCUT2D eigenvalue weighted by Gasteiger charge is -1.95. The zero-order chi connectivity index (χ0) is 7.94. The number of hydrogen-bond donors (Lipinski definition) is 1. The summed E-state index contributed by atoms with van der Waals surface area (Å²) in [5.74, 6) is 0.933. The van der Waals surface area contributed by atoms with Crippen LogP contribution in [-0.4, -0.2) is 22.3 Å². The van der Waals surface area contributed by atoms with Crippen molar-refractivity contribution in [3.05, 3.63) is 18.5 Å². The molecule has 3 nitrogen and oxygen atoms in total. The van der Waals surface area contributed by atoms with Gasteiger partial charge in [-0.3, -0.25) is 0 Å². The molecule has 0 aliphatic rings. The maximum absolute atomic E-state index is 5.32. The standard InChI is InChI=1S/C6H9N3S2/c7-2-5-10-11-6-8-3-1-4-9-6/h1,3-4H,2,5,7H2. The molecule has 0 saturated heterocycles. The van der Waals surface area contributed by atoms with Crippen LogP contribution in [0.25, 0.3) is 0 Å². The predicted molar refractivity (Wildman–Crippen MR) is 49.4 cm³/mol. The van der Waals surface area contributed by atoms with Crippen molar-refractivity contribution in [2.45, 2.75) is 5.16 Å². The lowest BCUT2D eigenvalue weighted by molar-refractivity contribution is 0.973. The smallest absolute Gasteiger partial charge is 0.198 e. The fraction of sp³-hybridized carbons (Fsp3) is 0.333. The van der Waals surface area contributed by atoms with Gasteiger partial charge < -0.3 is 5.73 Å². The first-order chi connectivity index (χ1) is 5.43. The van der Waals surface area contributed by atoms with Crippen LogP contribution < -0.4 is 5.73 Å². The lowest BCUT2D eigenvalue weighted by atomic mass is 10.7. The van der Waals surface area contributed by atoms with Crippen molar-refractivity contribution in [1.82, 2.24) is 9.97 Å². The molecular formula is C6H9N3S2. The van der Waals surface area contributed by atoms with Gasteiger partial charge in [-0.1, -0.05) is 10.8 Å². The summed E-state index contributed by atoms with van der Waals surface area (Å²) in [6, 6.07) is 1.80. The third-order valence-corrected chi connectivity index (χ3v) is 3.06. The Bertz CT molecular complexity index is 192. The zero-order valence-electron chi connectivity index (χ0n) is 5.93. The SMILES string of the molecule is NCCSSc1ncccn1. The monoisotopic (exact) mass is 187 g/mol. The quantitative estimate of drug-likeness (QED) is 0.436. The molecule has 11 heavy (non-hydrogen) atoms. The van der Waals surface area contributed by atoms with E-state index in [9.17, 15) is 0 Å². The fourth-order valence-corrected chi connectivity index (χ4v) is 2.08. The van der Waals surface area contributed by atoms with Gasteiger partial charge in [-0.05, 0) is 16.9 Å². The Kier molecular flexibility index (Phi) is 4.33. The van der Waals surface area contributed by atoms with E-state index >= 15 is 0 Å². The summed E-state index contributed by atoms with van der Waals surface area (Å²) in [6.45, 7) is 0.699. The maximum Gasteiger partial charge on any atom is 0.198 e. The molecule has 1 aromatic rings. The summed E-state index contributed by atoms with van der Waals surface area (Å²) in [4.78, 5) is 8.08. The van der Waals surface area contributed by atoms with E-state index in [1.54, 1.807) is 40.0 Å². The van der Waals surface area contributed by atoms with Crippen LogP contribution >= 0.6 is 21.6 Å². The summed E-state index contributed by atoms with van der Waals surface area (Å²) < 4.78 is 0. The number of hydrogen-bond acceptors (Lipinski definition) is 5. The van der Waals surface area contributed by atoms with E-state index in [-0.39, 0.29) is 0 Å². The molecule has 5 heteroatoms. The van der Waals surface area contributed by atoms with E-state index in [2.05, 4.69) is 9.97 Å². The molecule has 0 aliphatic heterocycles. The van der Waals surface area contributed by atoms with Gasteiger partial charge in [0.1, 0.15) is 0 Å². The molecule has 0 atom stereocenters. The molecule has 0 fully saturated rings. The molecule has 60 valence electrons. The highest BCUT2D eigenvalue weighted by Crippen LogP contribution is 2.26. The Balaban J connectivity index is 2.28. The highest BCUT2D eigenvalue weighted by molar-refractivity contribution is 8.76. The van der Waals surface area contributed by atoms with Gasteiger partial charge in [0.2, 0.25) is 0 Å². The second kappa shape index (κ2) is 5.40. The van der Waals surface area contributed by atoms with E-state index in [1.165, 1.54) is 0 Å². The maximum atomic E-state index is 5.32. The average Bonchev–Trinajstić information content (AvgIpc) is 2.07. The molecule has 1 aromatic heterocycles. The molecule has 0 radical (unpaired) electrons. The fourth-order valence-electron chi connectivity index (χ4n) is 0.471. The summed E-state index contributed by atoms with van der Waals surface area (Å²) in [5.41, 5.74) is 5.32. The largest absolute Gasteiger partial charge is 0.330 e. The Labute approximate surface area is 73.6 Å². The lowest BCUT2D eigenvalue weighted by Crippen LogP contribution is -1.99. The van der Waals surface area contributed by atoms with Gasteiger partial charge in [0.15, 0.2) is 5.16 Å². The average molecular weight is 187 g/mol. The minimum atomic E-state index is 0.699. The van der Waals surface area contributed by atoms with Gasteiger partial charge in [0.05, 0.1) is 0 Å². The molecule has 1 heterocycles. The van der Waals surface area contributed by atoms with E-state index in [4.69, 9.17) is 5.73 Å². The van der Waals surface area contributed by atoms with Crippen LogP contribution in [0.1, 0.15) is 0 Å². The van der Waals surface area contributed by atoms with Crippen molar-refractivity contribution in [3.63, 3.8) is 0 Å². The van der Waals surface area contributed by atoms with E-state index in [0.29, 0.717) is 6.54 Å². The first kappa shape index (κ1) is 8.83. The van der Waals surface area contributed by atoms with Crippen LogP contribution in [0, 0.1) is 0 Å². The van der Waals surface area contributed by atoms with Gasteiger partial charge in [-0.2, -0.15) is 0 Å². The second-order valence-corrected chi connectivity index (χ2v) is 4.11. The van der Waals surface area contributed by atoms with Crippen molar-refractivity contribution < 1.29 is 0 Å². The summed E-state index contributed by atoms with van der Waals surface area (Å²) >= 11 is 0. The van der Waals surface area contributed by atoms with Crippen molar-refractivity contribution in [3.8, 4) is 0 Å². The summed E-state index contributed by atoms with van der Waals surface area (Å²) in [6.07, 6.45) is 3.47. The van der Waals surface area contributed by atoms with Crippen LogP contribution in [0.5, 0.6) is 0 Å². The molecule has 0 amide bonds. The number of nitrogens with zero attached hydrogens (tertiary/aromatic N) is 2. The number of nitrogens with two attached hydrogens (primary N) is 1. The Morgan fingerprint density at radius 3 is 2.73 bits per heavy atom. The zero-order valence-corrected chi connectivity index (χ0v) is 7.57. The molecule has 0 aromatic carbocycles. The molecule has 1 rings (SSSR count). The van der Waals surface area contributed by atoms with Crippen LogP contribution in [-0.2, 0) is 0 Å². The second-order valence-electron chi connectivity index (χ2n) is 1.73. The van der Waals surface area contributed by atoms with Gasteiger partial charge in [0.25, 0.3) is 0 Å². The van der Waals surface area contributed by atoms with E-state index in [0.717, 1.165) is 10.9 Å². The van der Waals surface area contributed by atoms with Crippen LogP contribution in [0.15, 0.2) is 23.6 Å². The molecular weight excluding hydrogens is 178 g/mol.